The Morgan fingerprint density at radius 1 is 0.419 bits per heavy atom. The van der Waals surface area contributed by atoms with Crippen molar-refractivity contribution < 1.29 is 0 Å². The summed E-state index contributed by atoms with van der Waals surface area (Å²) in [7, 11) is 0. The number of fused-ring (bicyclic) bond motifs is 1. The number of anilines is 2. The van der Waals surface area contributed by atoms with Crippen molar-refractivity contribution >= 4 is 34.3 Å². The zero-order valence-corrected chi connectivity index (χ0v) is 17.4. The van der Waals surface area contributed by atoms with E-state index in [0.29, 0.717) is 0 Å². The van der Waals surface area contributed by atoms with Crippen molar-refractivity contribution in [2.24, 2.45) is 0 Å². The summed E-state index contributed by atoms with van der Waals surface area (Å²) in [5.41, 5.74) is 4.73. The average molecular weight is 400 g/mol. The Bertz CT molecular complexity index is 1180. The van der Waals surface area contributed by atoms with Gasteiger partial charge in [-0.3, -0.25) is 0 Å². The highest BCUT2D eigenvalue weighted by Crippen LogP contribution is 2.20. The summed E-state index contributed by atoms with van der Waals surface area (Å²) < 4.78 is 0. The van der Waals surface area contributed by atoms with Crippen LogP contribution in [0.4, 0.5) is 11.4 Å². The predicted molar refractivity (Wildman–Crippen MR) is 135 cm³/mol. The minimum absolute atomic E-state index is 1.12. The molecule has 150 valence electrons. The second kappa shape index (κ2) is 10.6. The van der Waals surface area contributed by atoms with Crippen molar-refractivity contribution in [3.63, 3.8) is 0 Å². The SMILES string of the molecule is C(=Cc1cccc2ccccc12)c1ccccc1.c1ccc(Nc2ccccc2)cc1. The van der Waals surface area contributed by atoms with Crippen LogP contribution in [0.25, 0.3) is 22.9 Å². The lowest BCUT2D eigenvalue weighted by Crippen LogP contribution is -1.87. The first-order valence-electron chi connectivity index (χ1n) is 10.5. The van der Waals surface area contributed by atoms with Gasteiger partial charge in [-0.1, -0.05) is 121 Å². The molecule has 5 aromatic carbocycles. The fourth-order valence-corrected chi connectivity index (χ4v) is 3.36. The Morgan fingerprint density at radius 3 is 1.58 bits per heavy atom. The molecule has 0 radical (unpaired) electrons. The van der Waals surface area contributed by atoms with Crippen molar-refractivity contribution in [1.29, 1.82) is 0 Å². The van der Waals surface area contributed by atoms with Crippen molar-refractivity contribution in [2.45, 2.75) is 0 Å². The summed E-state index contributed by atoms with van der Waals surface area (Å²) in [6, 6.07) is 45.6. The van der Waals surface area contributed by atoms with E-state index in [9.17, 15) is 0 Å². The number of para-hydroxylation sites is 2. The lowest BCUT2D eigenvalue weighted by atomic mass is 10.0. The van der Waals surface area contributed by atoms with E-state index < -0.39 is 0 Å². The molecule has 31 heavy (non-hydrogen) atoms. The van der Waals surface area contributed by atoms with Gasteiger partial charge in [-0.25, -0.2) is 0 Å². The molecule has 0 bridgehead atoms. The molecule has 0 aliphatic rings. The molecular formula is C30H25N. The summed E-state index contributed by atoms with van der Waals surface area (Å²) in [6.07, 6.45) is 4.33. The molecule has 1 N–H and O–H groups in total. The molecule has 0 spiro atoms. The number of rotatable bonds is 4. The van der Waals surface area contributed by atoms with E-state index in [2.05, 4.69) is 84.2 Å². The Hall–Kier alpha value is -4.10. The largest absolute Gasteiger partial charge is 0.356 e. The summed E-state index contributed by atoms with van der Waals surface area (Å²) in [5, 5.41) is 5.89. The highest BCUT2D eigenvalue weighted by Gasteiger charge is 1.96. The van der Waals surface area contributed by atoms with Gasteiger partial charge in [-0.05, 0) is 46.2 Å². The molecule has 0 heterocycles. The van der Waals surface area contributed by atoms with E-state index in [4.69, 9.17) is 0 Å². The van der Waals surface area contributed by atoms with Gasteiger partial charge in [0.1, 0.15) is 0 Å². The van der Waals surface area contributed by atoms with Gasteiger partial charge < -0.3 is 5.32 Å². The second-order valence-corrected chi connectivity index (χ2v) is 7.17. The Morgan fingerprint density at radius 2 is 0.935 bits per heavy atom. The van der Waals surface area contributed by atoms with Gasteiger partial charge in [-0.15, -0.1) is 0 Å². The van der Waals surface area contributed by atoms with Gasteiger partial charge in [0.2, 0.25) is 0 Å². The van der Waals surface area contributed by atoms with Gasteiger partial charge in [-0.2, -0.15) is 0 Å². The van der Waals surface area contributed by atoms with Crippen molar-refractivity contribution in [3.05, 3.63) is 145 Å². The molecule has 0 unspecified atom stereocenters. The lowest BCUT2D eigenvalue weighted by molar-refractivity contribution is 1.55. The van der Waals surface area contributed by atoms with Crippen LogP contribution in [0.15, 0.2) is 133 Å². The molecule has 0 aliphatic heterocycles. The first-order valence-corrected chi connectivity index (χ1v) is 10.5. The maximum Gasteiger partial charge on any atom is 0.0384 e. The lowest BCUT2D eigenvalue weighted by Gasteiger charge is -2.04. The maximum absolute atomic E-state index is 3.30. The molecule has 1 nitrogen and oxygen atoms in total. The van der Waals surface area contributed by atoms with E-state index in [1.807, 2.05) is 66.7 Å². The molecule has 0 amide bonds. The van der Waals surface area contributed by atoms with Crippen LogP contribution >= 0.6 is 0 Å². The van der Waals surface area contributed by atoms with Gasteiger partial charge >= 0.3 is 0 Å². The first kappa shape index (κ1) is 20.2. The van der Waals surface area contributed by atoms with Gasteiger partial charge in [0.05, 0.1) is 0 Å². The molecule has 1 heteroatoms. The van der Waals surface area contributed by atoms with Crippen LogP contribution in [0.2, 0.25) is 0 Å². The molecule has 0 aromatic heterocycles. The molecule has 0 fully saturated rings. The van der Waals surface area contributed by atoms with E-state index >= 15 is 0 Å². The third kappa shape index (κ3) is 5.94. The van der Waals surface area contributed by atoms with Crippen LogP contribution in [0, 0.1) is 0 Å². The van der Waals surface area contributed by atoms with E-state index in [-0.39, 0.29) is 0 Å². The summed E-state index contributed by atoms with van der Waals surface area (Å²) in [4.78, 5) is 0. The van der Waals surface area contributed by atoms with Crippen LogP contribution in [-0.2, 0) is 0 Å². The molecule has 0 saturated carbocycles. The van der Waals surface area contributed by atoms with Crippen molar-refractivity contribution in [3.8, 4) is 0 Å². The van der Waals surface area contributed by atoms with E-state index in [1.54, 1.807) is 0 Å². The van der Waals surface area contributed by atoms with Crippen LogP contribution in [0.1, 0.15) is 11.1 Å². The van der Waals surface area contributed by atoms with Gasteiger partial charge in [0.25, 0.3) is 0 Å². The highest BCUT2D eigenvalue weighted by molar-refractivity contribution is 5.92. The Labute approximate surface area is 184 Å². The molecular weight excluding hydrogens is 374 g/mol. The topological polar surface area (TPSA) is 12.0 Å². The fraction of sp³-hybridized carbons (Fsp3) is 0. The van der Waals surface area contributed by atoms with Gasteiger partial charge in [0, 0.05) is 11.4 Å². The summed E-state index contributed by atoms with van der Waals surface area (Å²) in [5.74, 6) is 0. The summed E-state index contributed by atoms with van der Waals surface area (Å²) in [6.45, 7) is 0. The smallest absolute Gasteiger partial charge is 0.0384 e. The van der Waals surface area contributed by atoms with Gasteiger partial charge in [0.15, 0.2) is 0 Å². The quantitative estimate of drug-likeness (QED) is 0.299. The second-order valence-electron chi connectivity index (χ2n) is 7.17. The van der Waals surface area contributed by atoms with Crippen molar-refractivity contribution in [2.75, 3.05) is 5.32 Å². The van der Waals surface area contributed by atoms with Crippen molar-refractivity contribution in [1.82, 2.24) is 0 Å². The fourth-order valence-electron chi connectivity index (χ4n) is 3.36. The number of hydrogen-bond acceptors (Lipinski definition) is 1. The normalized spacial score (nSPS) is 10.5. The number of benzene rings is 5. The third-order valence-electron chi connectivity index (χ3n) is 4.91. The standard InChI is InChI=1S/C18H14.C12H11N/c1-2-7-15(8-3-1)13-14-17-11-6-10-16-9-4-5-12-18(16)17;1-3-7-11(8-4-1)13-12-9-5-2-6-10-12/h1-14H;1-10,13H. The zero-order chi connectivity index (χ0) is 21.1. The molecule has 0 aliphatic carbocycles. The molecule has 5 rings (SSSR count). The Kier molecular flexibility index (Phi) is 6.91. The average Bonchev–Trinajstić information content (AvgIpc) is 2.85. The third-order valence-corrected chi connectivity index (χ3v) is 4.91. The number of hydrogen-bond donors (Lipinski definition) is 1. The Balaban J connectivity index is 0.000000158. The monoisotopic (exact) mass is 399 g/mol. The zero-order valence-electron chi connectivity index (χ0n) is 17.4. The first-order chi connectivity index (χ1) is 15.4. The molecule has 0 atom stereocenters. The van der Waals surface area contributed by atoms with E-state index in [1.165, 1.54) is 21.9 Å². The van der Waals surface area contributed by atoms with E-state index in [0.717, 1.165) is 11.4 Å². The summed E-state index contributed by atoms with van der Waals surface area (Å²) >= 11 is 0. The van der Waals surface area contributed by atoms with Crippen LogP contribution in [0.5, 0.6) is 0 Å². The highest BCUT2D eigenvalue weighted by atomic mass is 14.9. The van der Waals surface area contributed by atoms with Crippen LogP contribution in [0.3, 0.4) is 0 Å². The molecule has 5 aromatic rings. The molecule has 0 saturated heterocycles. The maximum atomic E-state index is 3.30. The minimum Gasteiger partial charge on any atom is -0.356 e. The van der Waals surface area contributed by atoms with Crippen LogP contribution < -0.4 is 5.32 Å². The predicted octanol–water partition coefficient (Wildman–Crippen LogP) is 8.44. The van der Waals surface area contributed by atoms with Crippen LogP contribution in [-0.4, -0.2) is 0 Å². The number of nitrogens with one attached hydrogen (secondary N) is 1. The minimum atomic E-state index is 1.12.